The first-order chi connectivity index (χ1) is 9.93. The van der Waals surface area contributed by atoms with Crippen molar-refractivity contribution in [1.82, 2.24) is 14.8 Å². The predicted molar refractivity (Wildman–Crippen MR) is 84.2 cm³/mol. The van der Waals surface area contributed by atoms with Gasteiger partial charge in [-0.3, -0.25) is 9.36 Å². The SMILES string of the molecule is CCn1c(SCC(=O)c2c(C)cc(C)cc2C)n[nH]c1=O. The molecular formula is C15H19N3O2S. The Morgan fingerprint density at radius 3 is 2.48 bits per heavy atom. The summed E-state index contributed by atoms with van der Waals surface area (Å²) >= 11 is 1.29. The van der Waals surface area contributed by atoms with Gasteiger partial charge in [0.05, 0.1) is 5.75 Å². The summed E-state index contributed by atoms with van der Waals surface area (Å²) < 4.78 is 1.52. The zero-order valence-electron chi connectivity index (χ0n) is 12.7. The number of hydrogen-bond acceptors (Lipinski definition) is 4. The molecule has 0 amide bonds. The summed E-state index contributed by atoms with van der Waals surface area (Å²) in [6.07, 6.45) is 0. The van der Waals surface area contributed by atoms with E-state index in [1.165, 1.54) is 16.3 Å². The number of rotatable bonds is 5. The van der Waals surface area contributed by atoms with Crippen molar-refractivity contribution in [3.8, 4) is 0 Å². The summed E-state index contributed by atoms with van der Waals surface area (Å²) in [6.45, 7) is 8.33. The Balaban J connectivity index is 2.18. The molecule has 21 heavy (non-hydrogen) atoms. The molecule has 1 aromatic carbocycles. The van der Waals surface area contributed by atoms with E-state index in [0.29, 0.717) is 11.7 Å². The maximum absolute atomic E-state index is 12.4. The van der Waals surface area contributed by atoms with Gasteiger partial charge in [0.15, 0.2) is 10.9 Å². The van der Waals surface area contributed by atoms with E-state index < -0.39 is 0 Å². The number of hydrogen-bond donors (Lipinski definition) is 1. The van der Waals surface area contributed by atoms with Crippen molar-refractivity contribution in [2.45, 2.75) is 39.4 Å². The van der Waals surface area contributed by atoms with Gasteiger partial charge in [-0.05, 0) is 38.8 Å². The molecular weight excluding hydrogens is 286 g/mol. The lowest BCUT2D eigenvalue weighted by Gasteiger charge is -2.10. The summed E-state index contributed by atoms with van der Waals surface area (Å²) in [5, 5.41) is 6.91. The molecule has 0 saturated carbocycles. The number of Topliss-reactive ketones (excluding diaryl/α,β-unsaturated/α-hetero) is 1. The minimum absolute atomic E-state index is 0.0631. The first kappa shape index (κ1) is 15.6. The van der Waals surface area contributed by atoms with Crippen LogP contribution in [0.5, 0.6) is 0 Å². The number of benzene rings is 1. The van der Waals surface area contributed by atoms with Gasteiger partial charge in [-0.1, -0.05) is 29.5 Å². The number of carbonyl (C=O) groups excluding carboxylic acids is 1. The Morgan fingerprint density at radius 2 is 1.90 bits per heavy atom. The molecule has 0 aliphatic heterocycles. The maximum Gasteiger partial charge on any atom is 0.343 e. The zero-order valence-corrected chi connectivity index (χ0v) is 13.5. The second-order valence-electron chi connectivity index (χ2n) is 5.04. The van der Waals surface area contributed by atoms with Crippen LogP contribution in [0.1, 0.15) is 34.0 Å². The molecule has 0 radical (unpaired) electrons. The van der Waals surface area contributed by atoms with E-state index in [1.807, 2.05) is 39.8 Å². The molecule has 1 aromatic heterocycles. The molecule has 1 heterocycles. The number of aryl methyl sites for hydroxylation is 3. The topological polar surface area (TPSA) is 67.8 Å². The molecule has 5 nitrogen and oxygen atoms in total. The summed E-state index contributed by atoms with van der Waals surface area (Å²) in [4.78, 5) is 23.9. The number of aromatic nitrogens is 3. The van der Waals surface area contributed by atoms with Crippen molar-refractivity contribution < 1.29 is 4.79 Å². The van der Waals surface area contributed by atoms with Crippen LogP contribution in [0.15, 0.2) is 22.1 Å². The van der Waals surface area contributed by atoms with Crippen molar-refractivity contribution in [2.24, 2.45) is 0 Å². The third-order valence-electron chi connectivity index (χ3n) is 3.33. The molecule has 0 aliphatic rings. The number of carbonyl (C=O) groups is 1. The van der Waals surface area contributed by atoms with Crippen molar-refractivity contribution in [3.63, 3.8) is 0 Å². The van der Waals surface area contributed by atoms with E-state index in [1.54, 1.807) is 0 Å². The van der Waals surface area contributed by atoms with E-state index in [-0.39, 0.29) is 17.2 Å². The van der Waals surface area contributed by atoms with Gasteiger partial charge >= 0.3 is 5.69 Å². The highest BCUT2D eigenvalue weighted by molar-refractivity contribution is 7.99. The number of nitrogens with zero attached hydrogens (tertiary/aromatic N) is 2. The molecule has 1 N–H and O–H groups in total. The average molecular weight is 305 g/mol. The molecule has 0 spiro atoms. The van der Waals surface area contributed by atoms with Gasteiger partial charge in [0.2, 0.25) is 0 Å². The number of thioether (sulfide) groups is 1. The van der Waals surface area contributed by atoms with Gasteiger partial charge in [0.1, 0.15) is 0 Å². The molecule has 2 aromatic rings. The van der Waals surface area contributed by atoms with Crippen LogP contribution < -0.4 is 5.69 Å². The zero-order chi connectivity index (χ0) is 15.6. The molecule has 0 bridgehead atoms. The average Bonchev–Trinajstić information content (AvgIpc) is 2.75. The van der Waals surface area contributed by atoms with E-state index >= 15 is 0 Å². The Hall–Kier alpha value is -1.82. The van der Waals surface area contributed by atoms with E-state index in [9.17, 15) is 9.59 Å². The molecule has 0 atom stereocenters. The van der Waals surface area contributed by atoms with E-state index in [0.717, 1.165) is 22.3 Å². The van der Waals surface area contributed by atoms with Crippen molar-refractivity contribution in [1.29, 1.82) is 0 Å². The highest BCUT2D eigenvalue weighted by Gasteiger charge is 2.15. The minimum Gasteiger partial charge on any atom is -0.293 e. The van der Waals surface area contributed by atoms with Crippen LogP contribution in [-0.4, -0.2) is 26.3 Å². The van der Waals surface area contributed by atoms with Gasteiger partial charge in [-0.15, -0.1) is 5.10 Å². The number of H-pyrrole nitrogens is 1. The molecule has 0 aliphatic carbocycles. The molecule has 0 fully saturated rings. The van der Waals surface area contributed by atoms with Gasteiger partial charge < -0.3 is 0 Å². The summed E-state index contributed by atoms with van der Waals surface area (Å²) in [5.41, 5.74) is 3.67. The molecule has 112 valence electrons. The Morgan fingerprint density at radius 1 is 1.29 bits per heavy atom. The fourth-order valence-corrected chi connectivity index (χ4v) is 3.40. The third kappa shape index (κ3) is 3.26. The van der Waals surface area contributed by atoms with Crippen LogP contribution in [0, 0.1) is 20.8 Å². The Kier molecular flexibility index (Phi) is 4.67. The fraction of sp³-hybridized carbons (Fsp3) is 0.400. The Bertz CT molecular complexity index is 708. The lowest BCUT2D eigenvalue weighted by molar-refractivity contribution is 0.102. The highest BCUT2D eigenvalue weighted by Crippen LogP contribution is 2.21. The van der Waals surface area contributed by atoms with E-state index in [4.69, 9.17) is 0 Å². The molecule has 2 rings (SSSR count). The maximum atomic E-state index is 12.4. The second-order valence-corrected chi connectivity index (χ2v) is 5.98. The van der Waals surface area contributed by atoms with Crippen molar-refractivity contribution >= 4 is 17.5 Å². The van der Waals surface area contributed by atoms with Gasteiger partial charge in [0.25, 0.3) is 0 Å². The smallest absolute Gasteiger partial charge is 0.293 e. The first-order valence-corrected chi connectivity index (χ1v) is 7.81. The van der Waals surface area contributed by atoms with Crippen LogP contribution in [0.3, 0.4) is 0 Å². The number of ketones is 1. The minimum atomic E-state index is -0.241. The van der Waals surface area contributed by atoms with Crippen LogP contribution in [0.25, 0.3) is 0 Å². The van der Waals surface area contributed by atoms with Crippen LogP contribution in [0.2, 0.25) is 0 Å². The van der Waals surface area contributed by atoms with Gasteiger partial charge in [-0.25, -0.2) is 9.89 Å². The van der Waals surface area contributed by atoms with Gasteiger partial charge in [-0.2, -0.15) is 0 Å². The van der Waals surface area contributed by atoms with E-state index in [2.05, 4.69) is 10.2 Å². The molecule has 0 unspecified atom stereocenters. The van der Waals surface area contributed by atoms with Crippen LogP contribution >= 0.6 is 11.8 Å². The number of aromatic amines is 1. The van der Waals surface area contributed by atoms with Crippen LogP contribution in [0.4, 0.5) is 0 Å². The lowest BCUT2D eigenvalue weighted by Crippen LogP contribution is -2.16. The summed E-state index contributed by atoms with van der Waals surface area (Å²) in [7, 11) is 0. The molecule has 6 heteroatoms. The largest absolute Gasteiger partial charge is 0.343 e. The third-order valence-corrected chi connectivity index (χ3v) is 4.30. The Labute approximate surface area is 127 Å². The quantitative estimate of drug-likeness (QED) is 0.681. The van der Waals surface area contributed by atoms with Gasteiger partial charge in [0, 0.05) is 12.1 Å². The van der Waals surface area contributed by atoms with Crippen LogP contribution in [-0.2, 0) is 6.54 Å². The highest BCUT2D eigenvalue weighted by atomic mass is 32.2. The van der Waals surface area contributed by atoms with Crippen molar-refractivity contribution in [2.75, 3.05) is 5.75 Å². The van der Waals surface area contributed by atoms with Crippen molar-refractivity contribution in [3.05, 3.63) is 44.9 Å². The first-order valence-electron chi connectivity index (χ1n) is 6.83. The monoisotopic (exact) mass is 305 g/mol. The predicted octanol–water partition coefficient (Wildman–Crippen LogP) is 2.49. The normalized spacial score (nSPS) is 10.9. The standard InChI is InChI=1S/C15H19N3O2S/c1-5-18-14(20)16-17-15(18)21-8-12(19)13-10(3)6-9(2)7-11(13)4/h6-7H,5,8H2,1-4H3,(H,16,20). The number of nitrogens with one attached hydrogen (secondary N) is 1. The fourth-order valence-electron chi connectivity index (χ4n) is 2.51. The molecule has 0 saturated heterocycles. The lowest BCUT2D eigenvalue weighted by atomic mass is 9.97. The summed E-state index contributed by atoms with van der Waals surface area (Å²) in [5.74, 6) is 0.336. The summed E-state index contributed by atoms with van der Waals surface area (Å²) in [6, 6.07) is 4.03. The second kappa shape index (κ2) is 6.30.